The van der Waals surface area contributed by atoms with Gasteiger partial charge in [0.25, 0.3) is 5.91 Å². The van der Waals surface area contributed by atoms with E-state index in [9.17, 15) is 4.79 Å². The normalized spacial score (nSPS) is 14.1. The lowest BCUT2D eigenvalue weighted by molar-refractivity contribution is 0.0958. The average Bonchev–Trinajstić information content (AvgIpc) is 2.92. The van der Waals surface area contributed by atoms with Gasteiger partial charge in [-0.05, 0) is 75.8 Å². The van der Waals surface area contributed by atoms with Gasteiger partial charge in [0.05, 0.1) is 0 Å². The topological polar surface area (TPSA) is 98.3 Å². The standard InChI is InChI=1S/C28H35ClN8O/c1-4-15-30-27(38)23-19-31-28(32-21-11-9-20(29)10-12-21)35-26(23)34-24-7-6-8-25(33-24)37(16-5-2)22-13-17-36(3)18-14-22/h4,6-12,19,22H,1,5,13-18H2,2-3H3,(H,30,38)(H2,31,32,33,34,35). The van der Waals surface area contributed by atoms with E-state index in [-0.39, 0.29) is 5.91 Å². The number of carbonyl (C=O) groups excluding carboxylic acids is 1. The van der Waals surface area contributed by atoms with Crippen LogP contribution in [0.5, 0.6) is 0 Å². The van der Waals surface area contributed by atoms with Crippen molar-refractivity contribution in [3.05, 3.63) is 71.9 Å². The number of nitrogens with zero attached hydrogens (tertiary/aromatic N) is 5. The second-order valence-corrected chi connectivity index (χ2v) is 9.76. The van der Waals surface area contributed by atoms with Crippen molar-refractivity contribution in [2.45, 2.75) is 32.2 Å². The highest BCUT2D eigenvalue weighted by molar-refractivity contribution is 6.30. The van der Waals surface area contributed by atoms with Crippen LogP contribution in [0.25, 0.3) is 0 Å². The Labute approximate surface area is 229 Å². The first-order chi connectivity index (χ1) is 18.5. The first kappa shape index (κ1) is 27.3. The lowest BCUT2D eigenvalue weighted by Gasteiger charge is -2.38. The molecule has 3 heterocycles. The second-order valence-electron chi connectivity index (χ2n) is 9.32. The zero-order chi connectivity index (χ0) is 26.9. The Morgan fingerprint density at radius 1 is 1.16 bits per heavy atom. The summed E-state index contributed by atoms with van der Waals surface area (Å²) in [5.74, 6) is 1.90. The van der Waals surface area contributed by atoms with Crippen LogP contribution >= 0.6 is 11.6 Å². The molecule has 0 atom stereocenters. The van der Waals surface area contributed by atoms with E-state index in [2.05, 4.69) is 56.3 Å². The monoisotopic (exact) mass is 534 g/mol. The molecule has 10 heteroatoms. The SMILES string of the molecule is C=CCNC(=O)c1cnc(Nc2ccc(Cl)cc2)nc1Nc1cccc(N(CCC)C2CCN(C)CC2)n1. The minimum atomic E-state index is -0.305. The van der Waals surface area contributed by atoms with Gasteiger partial charge in [0, 0.05) is 36.0 Å². The van der Waals surface area contributed by atoms with Crippen molar-refractivity contribution in [2.24, 2.45) is 0 Å². The summed E-state index contributed by atoms with van der Waals surface area (Å²) in [6, 6.07) is 13.6. The molecule has 0 aliphatic carbocycles. The zero-order valence-corrected chi connectivity index (χ0v) is 22.7. The number of piperidine rings is 1. The van der Waals surface area contributed by atoms with Gasteiger partial charge in [-0.25, -0.2) is 9.97 Å². The number of halogens is 1. The number of hydrogen-bond donors (Lipinski definition) is 3. The lowest BCUT2D eigenvalue weighted by atomic mass is 10.0. The number of nitrogens with one attached hydrogen (secondary N) is 3. The maximum absolute atomic E-state index is 12.9. The van der Waals surface area contributed by atoms with Crippen LogP contribution < -0.4 is 20.9 Å². The molecular weight excluding hydrogens is 500 g/mol. The fourth-order valence-electron chi connectivity index (χ4n) is 4.43. The smallest absolute Gasteiger partial charge is 0.256 e. The van der Waals surface area contributed by atoms with E-state index >= 15 is 0 Å². The van der Waals surface area contributed by atoms with Crippen molar-refractivity contribution < 1.29 is 4.79 Å². The van der Waals surface area contributed by atoms with Gasteiger partial charge in [-0.15, -0.1) is 6.58 Å². The summed E-state index contributed by atoms with van der Waals surface area (Å²) < 4.78 is 0. The Morgan fingerprint density at radius 3 is 2.63 bits per heavy atom. The van der Waals surface area contributed by atoms with E-state index < -0.39 is 0 Å². The average molecular weight is 535 g/mol. The molecule has 0 unspecified atom stereocenters. The van der Waals surface area contributed by atoms with E-state index in [4.69, 9.17) is 16.6 Å². The Bertz CT molecular complexity index is 1230. The highest BCUT2D eigenvalue weighted by atomic mass is 35.5. The number of likely N-dealkylation sites (tertiary alicyclic amines) is 1. The molecular formula is C28H35ClN8O. The van der Waals surface area contributed by atoms with Gasteiger partial charge in [-0.1, -0.05) is 30.7 Å². The van der Waals surface area contributed by atoms with Crippen LogP contribution in [0.1, 0.15) is 36.5 Å². The van der Waals surface area contributed by atoms with Crippen LogP contribution in [-0.4, -0.2) is 65.0 Å². The number of hydrogen-bond acceptors (Lipinski definition) is 8. The van der Waals surface area contributed by atoms with Crippen LogP contribution in [0.2, 0.25) is 5.02 Å². The number of anilines is 5. The van der Waals surface area contributed by atoms with Crippen molar-refractivity contribution in [3.63, 3.8) is 0 Å². The van der Waals surface area contributed by atoms with Crippen molar-refractivity contribution in [1.82, 2.24) is 25.2 Å². The molecule has 0 saturated carbocycles. The van der Waals surface area contributed by atoms with E-state index in [0.29, 0.717) is 40.8 Å². The third-order valence-corrected chi connectivity index (χ3v) is 6.66. The minimum absolute atomic E-state index is 0.305. The van der Waals surface area contributed by atoms with Gasteiger partial charge in [0.2, 0.25) is 5.95 Å². The molecule has 0 radical (unpaired) electrons. The van der Waals surface area contributed by atoms with Gasteiger partial charge < -0.3 is 25.8 Å². The van der Waals surface area contributed by atoms with E-state index in [0.717, 1.165) is 50.4 Å². The van der Waals surface area contributed by atoms with Crippen LogP contribution in [0, 0.1) is 0 Å². The van der Waals surface area contributed by atoms with Crippen LogP contribution in [-0.2, 0) is 0 Å². The zero-order valence-electron chi connectivity index (χ0n) is 22.0. The molecule has 38 heavy (non-hydrogen) atoms. The third kappa shape index (κ3) is 7.20. The molecule has 200 valence electrons. The first-order valence-electron chi connectivity index (χ1n) is 12.9. The van der Waals surface area contributed by atoms with Gasteiger partial charge in [-0.3, -0.25) is 4.79 Å². The van der Waals surface area contributed by atoms with Crippen molar-refractivity contribution in [3.8, 4) is 0 Å². The largest absolute Gasteiger partial charge is 0.353 e. The molecule has 2 aromatic heterocycles. The number of pyridine rings is 1. The lowest BCUT2D eigenvalue weighted by Crippen LogP contribution is -2.44. The molecule has 1 aliphatic rings. The summed E-state index contributed by atoms with van der Waals surface area (Å²) in [5, 5.41) is 9.86. The summed E-state index contributed by atoms with van der Waals surface area (Å²) in [6.07, 6.45) is 6.37. The van der Waals surface area contributed by atoms with Gasteiger partial charge >= 0.3 is 0 Å². The van der Waals surface area contributed by atoms with Gasteiger partial charge in [-0.2, -0.15) is 4.98 Å². The Hall–Kier alpha value is -3.69. The van der Waals surface area contributed by atoms with Crippen LogP contribution in [0.3, 0.4) is 0 Å². The molecule has 1 fully saturated rings. The van der Waals surface area contributed by atoms with Crippen molar-refractivity contribution in [1.29, 1.82) is 0 Å². The minimum Gasteiger partial charge on any atom is -0.353 e. The molecule has 0 bridgehead atoms. The second kappa shape index (κ2) is 13.2. The van der Waals surface area contributed by atoms with Crippen LogP contribution in [0.4, 0.5) is 29.1 Å². The maximum Gasteiger partial charge on any atom is 0.256 e. The van der Waals surface area contributed by atoms with Crippen molar-refractivity contribution >= 4 is 46.6 Å². The quantitative estimate of drug-likeness (QED) is 0.287. The Morgan fingerprint density at radius 2 is 1.92 bits per heavy atom. The van der Waals surface area contributed by atoms with Gasteiger partial charge in [0.15, 0.2) is 0 Å². The Balaban J connectivity index is 1.61. The number of benzene rings is 1. The molecule has 1 amide bonds. The highest BCUT2D eigenvalue weighted by Crippen LogP contribution is 2.26. The summed E-state index contributed by atoms with van der Waals surface area (Å²) in [6.45, 7) is 9.28. The molecule has 1 saturated heterocycles. The number of aromatic nitrogens is 3. The fourth-order valence-corrected chi connectivity index (χ4v) is 4.56. The molecule has 1 aliphatic heterocycles. The predicted octanol–water partition coefficient (Wildman–Crippen LogP) is 5.24. The number of carbonyl (C=O) groups is 1. The summed E-state index contributed by atoms with van der Waals surface area (Å²) in [5.41, 5.74) is 1.08. The molecule has 3 N–H and O–H groups in total. The highest BCUT2D eigenvalue weighted by Gasteiger charge is 2.24. The van der Waals surface area contributed by atoms with E-state index in [1.165, 1.54) is 6.20 Å². The fraction of sp³-hybridized carbons (Fsp3) is 0.357. The van der Waals surface area contributed by atoms with E-state index in [1.807, 2.05) is 30.3 Å². The first-order valence-corrected chi connectivity index (χ1v) is 13.3. The maximum atomic E-state index is 12.9. The molecule has 1 aromatic carbocycles. The summed E-state index contributed by atoms with van der Waals surface area (Å²) >= 11 is 6.01. The van der Waals surface area contributed by atoms with Crippen molar-refractivity contribution in [2.75, 3.05) is 48.8 Å². The van der Waals surface area contributed by atoms with Crippen LogP contribution in [0.15, 0.2) is 61.3 Å². The third-order valence-electron chi connectivity index (χ3n) is 6.41. The molecule has 0 spiro atoms. The Kier molecular flexibility index (Phi) is 9.51. The number of amides is 1. The molecule has 3 aromatic rings. The van der Waals surface area contributed by atoms with E-state index in [1.54, 1.807) is 18.2 Å². The summed E-state index contributed by atoms with van der Waals surface area (Å²) in [7, 11) is 2.17. The number of rotatable bonds is 11. The molecule has 4 rings (SSSR count). The summed E-state index contributed by atoms with van der Waals surface area (Å²) in [4.78, 5) is 31.5. The predicted molar refractivity (Wildman–Crippen MR) is 155 cm³/mol. The van der Waals surface area contributed by atoms with Gasteiger partial charge in [0.1, 0.15) is 23.0 Å². The molecule has 9 nitrogen and oxygen atoms in total.